The molecule has 88 valence electrons. The van der Waals surface area contributed by atoms with Crippen molar-refractivity contribution in [2.75, 3.05) is 0 Å². The van der Waals surface area contributed by atoms with Gasteiger partial charge in [0, 0.05) is 11.3 Å². The number of carbonyl (C=O) groups is 1. The SMILES string of the molecule is Cc1nn(Cc2ccccc2F)c(C)c1C=O. The topological polar surface area (TPSA) is 34.9 Å². The van der Waals surface area contributed by atoms with Gasteiger partial charge in [-0.3, -0.25) is 9.48 Å². The molecule has 4 heteroatoms. The molecule has 0 saturated heterocycles. The molecule has 0 spiro atoms. The Hall–Kier alpha value is -1.97. The lowest BCUT2D eigenvalue weighted by molar-refractivity contribution is 0.112. The highest BCUT2D eigenvalue weighted by molar-refractivity contribution is 5.78. The minimum Gasteiger partial charge on any atom is -0.298 e. The number of aromatic nitrogens is 2. The maximum atomic E-state index is 13.5. The van der Waals surface area contributed by atoms with Crippen LogP contribution in [0.15, 0.2) is 24.3 Å². The lowest BCUT2D eigenvalue weighted by Gasteiger charge is -2.05. The highest BCUT2D eigenvalue weighted by Gasteiger charge is 2.11. The quantitative estimate of drug-likeness (QED) is 0.762. The number of hydrogen-bond donors (Lipinski definition) is 0. The van der Waals surface area contributed by atoms with Crippen molar-refractivity contribution in [1.82, 2.24) is 9.78 Å². The fourth-order valence-electron chi connectivity index (χ4n) is 1.82. The van der Waals surface area contributed by atoms with E-state index >= 15 is 0 Å². The third-order valence-electron chi connectivity index (χ3n) is 2.83. The molecule has 0 aliphatic rings. The standard InChI is InChI=1S/C13H13FN2O/c1-9-12(8-17)10(2)16(15-9)7-11-5-3-4-6-13(11)14/h3-6,8H,7H2,1-2H3. The first-order valence-corrected chi connectivity index (χ1v) is 5.36. The number of hydrogen-bond acceptors (Lipinski definition) is 2. The van der Waals surface area contributed by atoms with Crippen molar-refractivity contribution >= 4 is 6.29 Å². The van der Waals surface area contributed by atoms with Crippen LogP contribution in [0.25, 0.3) is 0 Å². The van der Waals surface area contributed by atoms with Crippen LogP contribution < -0.4 is 0 Å². The Balaban J connectivity index is 2.37. The third kappa shape index (κ3) is 2.11. The fourth-order valence-corrected chi connectivity index (χ4v) is 1.82. The van der Waals surface area contributed by atoms with Crippen molar-refractivity contribution in [3.05, 3.63) is 52.6 Å². The van der Waals surface area contributed by atoms with Crippen LogP contribution in [-0.4, -0.2) is 16.1 Å². The van der Waals surface area contributed by atoms with Crippen molar-refractivity contribution in [3.63, 3.8) is 0 Å². The maximum Gasteiger partial charge on any atom is 0.153 e. The number of aryl methyl sites for hydroxylation is 1. The van der Waals surface area contributed by atoms with Crippen molar-refractivity contribution < 1.29 is 9.18 Å². The molecule has 17 heavy (non-hydrogen) atoms. The molecule has 0 radical (unpaired) electrons. The smallest absolute Gasteiger partial charge is 0.153 e. The Kier molecular flexibility index (Phi) is 3.04. The van der Waals surface area contributed by atoms with Gasteiger partial charge in [0.1, 0.15) is 5.82 Å². The van der Waals surface area contributed by atoms with Gasteiger partial charge in [-0.15, -0.1) is 0 Å². The van der Waals surface area contributed by atoms with E-state index in [4.69, 9.17) is 0 Å². The Labute approximate surface area is 98.9 Å². The van der Waals surface area contributed by atoms with Crippen LogP contribution in [0.1, 0.15) is 27.3 Å². The van der Waals surface area contributed by atoms with Gasteiger partial charge >= 0.3 is 0 Å². The molecule has 1 aromatic heterocycles. The Morgan fingerprint density at radius 3 is 2.65 bits per heavy atom. The van der Waals surface area contributed by atoms with Gasteiger partial charge in [0.2, 0.25) is 0 Å². The highest BCUT2D eigenvalue weighted by atomic mass is 19.1. The Morgan fingerprint density at radius 1 is 1.35 bits per heavy atom. The van der Waals surface area contributed by atoms with Crippen LogP contribution in [0, 0.1) is 19.7 Å². The molecule has 0 aliphatic carbocycles. The maximum absolute atomic E-state index is 13.5. The second-order valence-electron chi connectivity index (χ2n) is 3.95. The minimum atomic E-state index is -0.257. The summed E-state index contributed by atoms with van der Waals surface area (Å²) in [6.45, 7) is 3.92. The first-order chi connectivity index (χ1) is 8.13. The van der Waals surface area contributed by atoms with Gasteiger partial charge in [-0.2, -0.15) is 5.10 Å². The first kappa shape index (κ1) is 11.5. The molecular formula is C13H13FN2O. The molecule has 0 unspecified atom stereocenters. The second kappa shape index (κ2) is 4.49. The molecule has 2 rings (SSSR count). The molecule has 0 amide bonds. The zero-order valence-corrected chi connectivity index (χ0v) is 9.77. The van der Waals surface area contributed by atoms with E-state index in [1.54, 1.807) is 29.8 Å². The summed E-state index contributed by atoms with van der Waals surface area (Å²) in [7, 11) is 0. The molecule has 0 fully saturated rings. The fraction of sp³-hybridized carbons (Fsp3) is 0.231. The van der Waals surface area contributed by atoms with E-state index in [2.05, 4.69) is 5.10 Å². The third-order valence-corrected chi connectivity index (χ3v) is 2.83. The molecular weight excluding hydrogens is 219 g/mol. The molecule has 2 aromatic rings. The van der Waals surface area contributed by atoms with Gasteiger partial charge < -0.3 is 0 Å². The molecule has 1 aromatic carbocycles. The number of nitrogens with zero attached hydrogens (tertiary/aromatic N) is 2. The lowest BCUT2D eigenvalue weighted by atomic mass is 10.2. The Morgan fingerprint density at radius 2 is 2.06 bits per heavy atom. The normalized spacial score (nSPS) is 10.5. The van der Waals surface area contributed by atoms with Crippen molar-refractivity contribution in [1.29, 1.82) is 0 Å². The van der Waals surface area contributed by atoms with Crippen LogP contribution in [0.5, 0.6) is 0 Å². The summed E-state index contributed by atoms with van der Waals surface area (Å²) in [6.07, 6.45) is 0.787. The zero-order chi connectivity index (χ0) is 12.4. The number of aldehydes is 1. The minimum absolute atomic E-state index is 0.257. The largest absolute Gasteiger partial charge is 0.298 e. The predicted molar refractivity (Wildman–Crippen MR) is 62.6 cm³/mol. The van der Waals surface area contributed by atoms with Crippen LogP contribution >= 0.6 is 0 Å². The van der Waals surface area contributed by atoms with Crippen LogP contribution in [0.4, 0.5) is 4.39 Å². The first-order valence-electron chi connectivity index (χ1n) is 5.36. The number of halogens is 1. The van der Waals surface area contributed by atoms with Gasteiger partial charge in [-0.25, -0.2) is 4.39 Å². The summed E-state index contributed by atoms with van der Waals surface area (Å²) in [4.78, 5) is 10.9. The Bertz CT molecular complexity index is 561. The van der Waals surface area contributed by atoms with Crippen LogP contribution in [0.2, 0.25) is 0 Å². The van der Waals surface area contributed by atoms with Crippen LogP contribution in [0.3, 0.4) is 0 Å². The van der Waals surface area contributed by atoms with E-state index in [0.717, 1.165) is 12.0 Å². The highest BCUT2D eigenvalue weighted by Crippen LogP contribution is 2.14. The zero-order valence-electron chi connectivity index (χ0n) is 9.77. The molecule has 0 aliphatic heterocycles. The molecule has 3 nitrogen and oxygen atoms in total. The molecule has 0 atom stereocenters. The van der Waals surface area contributed by atoms with Crippen molar-refractivity contribution in [2.24, 2.45) is 0 Å². The van der Waals surface area contributed by atoms with Crippen molar-refractivity contribution in [3.8, 4) is 0 Å². The number of rotatable bonds is 3. The van der Waals surface area contributed by atoms with E-state index < -0.39 is 0 Å². The summed E-state index contributed by atoms with van der Waals surface area (Å²) in [5, 5.41) is 4.24. The summed E-state index contributed by atoms with van der Waals surface area (Å²) in [5.74, 6) is -0.257. The van der Waals surface area contributed by atoms with Gasteiger partial charge in [-0.1, -0.05) is 18.2 Å². The summed E-state index contributed by atoms with van der Waals surface area (Å²) < 4.78 is 15.1. The van der Waals surface area contributed by atoms with E-state index in [9.17, 15) is 9.18 Å². The van der Waals surface area contributed by atoms with E-state index in [-0.39, 0.29) is 5.82 Å². The summed E-state index contributed by atoms with van der Waals surface area (Å²) >= 11 is 0. The average Bonchev–Trinajstić information content (AvgIpc) is 2.57. The van der Waals surface area contributed by atoms with Gasteiger partial charge in [0.05, 0.1) is 17.8 Å². The van der Waals surface area contributed by atoms with Gasteiger partial charge in [0.25, 0.3) is 0 Å². The molecule has 0 saturated carbocycles. The summed E-state index contributed by atoms with van der Waals surface area (Å²) in [5.41, 5.74) is 2.59. The summed E-state index contributed by atoms with van der Waals surface area (Å²) in [6, 6.07) is 6.57. The van der Waals surface area contributed by atoms with Gasteiger partial charge in [-0.05, 0) is 19.9 Å². The molecule has 0 N–H and O–H groups in total. The molecule has 1 heterocycles. The number of benzene rings is 1. The lowest BCUT2D eigenvalue weighted by Crippen LogP contribution is -2.05. The van der Waals surface area contributed by atoms with E-state index in [1.807, 2.05) is 6.92 Å². The van der Waals surface area contributed by atoms with Crippen LogP contribution in [-0.2, 0) is 6.54 Å². The predicted octanol–water partition coefficient (Wildman–Crippen LogP) is 2.50. The van der Waals surface area contributed by atoms with E-state index in [1.165, 1.54) is 6.07 Å². The molecule has 0 bridgehead atoms. The van der Waals surface area contributed by atoms with E-state index in [0.29, 0.717) is 23.4 Å². The monoisotopic (exact) mass is 232 g/mol. The average molecular weight is 232 g/mol. The second-order valence-corrected chi connectivity index (χ2v) is 3.95. The van der Waals surface area contributed by atoms with Gasteiger partial charge in [0.15, 0.2) is 6.29 Å². The van der Waals surface area contributed by atoms with Crippen molar-refractivity contribution in [2.45, 2.75) is 20.4 Å². The number of carbonyl (C=O) groups excluding carboxylic acids is 1.